The maximum absolute atomic E-state index is 11.6. The molecule has 4 N–H and O–H groups in total. The van der Waals surface area contributed by atoms with E-state index in [9.17, 15) is 4.79 Å². The van der Waals surface area contributed by atoms with E-state index in [0.29, 0.717) is 17.3 Å². The van der Waals surface area contributed by atoms with Crippen molar-refractivity contribution in [2.45, 2.75) is 12.8 Å². The van der Waals surface area contributed by atoms with Gasteiger partial charge < -0.3 is 10.7 Å². The Morgan fingerprint density at radius 2 is 2.40 bits per heavy atom. The van der Waals surface area contributed by atoms with Crippen LogP contribution in [0.2, 0.25) is 0 Å². The second kappa shape index (κ2) is 4.27. The summed E-state index contributed by atoms with van der Waals surface area (Å²) in [4.78, 5) is 15.6. The summed E-state index contributed by atoms with van der Waals surface area (Å²) in [6, 6.07) is 3.30. The van der Waals surface area contributed by atoms with Gasteiger partial charge in [0.2, 0.25) is 0 Å². The first-order valence-electron chi connectivity index (χ1n) is 5.00. The van der Waals surface area contributed by atoms with Gasteiger partial charge in [-0.3, -0.25) is 4.79 Å². The van der Waals surface area contributed by atoms with Crippen molar-refractivity contribution in [3.8, 4) is 0 Å². The lowest BCUT2D eigenvalue weighted by atomic mass is 10.2. The van der Waals surface area contributed by atoms with Gasteiger partial charge in [0, 0.05) is 18.3 Å². The predicted molar refractivity (Wildman–Crippen MR) is 57.1 cm³/mol. The lowest BCUT2D eigenvalue weighted by Gasteiger charge is -2.05. The van der Waals surface area contributed by atoms with Crippen molar-refractivity contribution in [1.29, 1.82) is 0 Å². The molecule has 1 amide bonds. The van der Waals surface area contributed by atoms with Gasteiger partial charge in [-0.25, -0.2) is 10.8 Å². The fourth-order valence-electron chi connectivity index (χ4n) is 1.31. The first-order chi connectivity index (χ1) is 7.29. The summed E-state index contributed by atoms with van der Waals surface area (Å²) in [7, 11) is 0. The zero-order chi connectivity index (χ0) is 10.7. The number of nitrogen functional groups attached to an aromatic ring is 1. The molecule has 1 aliphatic carbocycles. The summed E-state index contributed by atoms with van der Waals surface area (Å²) in [5, 5.41) is 2.88. The van der Waals surface area contributed by atoms with Crippen LogP contribution < -0.4 is 16.6 Å². The summed E-state index contributed by atoms with van der Waals surface area (Å²) in [5.41, 5.74) is 2.99. The van der Waals surface area contributed by atoms with Crippen molar-refractivity contribution >= 4 is 11.7 Å². The number of nitrogens with zero attached hydrogens (tertiary/aromatic N) is 1. The van der Waals surface area contributed by atoms with Crippen molar-refractivity contribution < 1.29 is 4.79 Å². The molecule has 5 nitrogen and oxygen atoms in total. The smallest absolute Gasteiger partial charge is 0.251 e. The number of pyridine rings is 1. The van der Waals surface area contributed by atoms with E-state index in [1.54, 1.807) is 18.3 Å². The van der Waals surface area contributed by atoms with Gasteiger partial charge in [0.05, 0.1) is 0 Å². The van der Waals surface area contributed by atoms with Gasteiger partial charge in [0.15, 0.2) is 0 Å². The molecule has 2 rings (SSSR count). The third kappa shape index (κ3) is 2.66. The van der Waals surface area contributed by atoms with Gasteiger partial charge >= 0.3 is 0 Å². The van der Waals surface area contributed by atoms with Crippen LogP contribution in [0.5, 0.6) is 0 Å². The third-order valence-electron chi connectivity index (χ3n) is 2.42. The van der Waals surface area contributed by atoms with Crippen LogP contribution in [0.25, 0.3) is 0 Å². The molecule has 0 spiro atoms. The van der Waals surface area contributed by atoms with Gasteiger partial charge in [-0.05, 0) is 30.9 Å². The SMILES string of the molecule is NNc1cc(C(=O)NCC2CC2)ccn1. The highest BCUT2D eigenvalue weighted by Crippen LogP contribution is 2.27. The molecule has 0 aliphatic heterocycles. The largest absolute Gasteiger partial charge is 0.352 e. The highest BCUT2D eigenvalue weighted by atomic mass is 16.1. The van der Waals surface area contributed by atoms with E-state index in [0.717, 1.165) is 6.54 Å². The van der Waals surface area contributed by atoms with Crippen LogP contribution in [-0.2, 0) is 0 Å². The Bertz CT molecular complexity index is 362. The average molecular weight is 206 g/mol. The molecule has 15 heavy (non-hydrogen) atoms. The van der Waals surface area contributed by atoms with Crippen LogP contribution in [0, 0.1) is 5.92 Å². The summed E-state index contributed by atoms with van der Waals surface area (Å²) in [6.07, 6.45) is 4.01. The van der Waals surface area contributed by atoms with E-state index in [1.807, 2.05) is 0 Å². The minimum Gasteiger partial charge on any atom is -0.352 e. The molecule has 0 aromatic carbocycles. The molecular weight excluding hydrogens is 192 g/mol. The molecule has 0 radical (unpaired) electrons. The molecule has 1 fully saturated rings. The molecule has 1 aliphatic rings. The molecular formula is C10H14N4O. The van der Waals surface area contributed by atoms with E-state index in [1.165, 1.54) is 12.8 Å². The molecule has 0 bridgehead atoms. The number of nitrogens with one attached hydrogen (secondary N) is 2. The number of nitrogens with two attached hydrogens (primary N) is 1. The van der Waals surface area contributed by atoms with Gasteiger partial charge in [0.1, 0.15) is 5.82 Å². The average Bonchev–Trinajstić information content (AvgIpc) is 3.10. The topological polar surface area (TPSA) is 80.0 Å². The van der Waals surface area contributed by atoms with Crippen LogP contribution in [0.4, 0.5) is 5.82 Å². The highest BCUT2D eigenvalue weighted by molar-refractivity contribution is 5.94. The normalized spacial score (nSPS) is 14.7. The van der Waals surface area contributed by atoms with Crippen LogP contribution in [0.3, 0.4) is 0 Å². The minimum atomic E-state index is -0.0687. The van der Waals surface area contributed by atoms with Crippen molar-refractivity contribution in [2.24, 2.45) is 11.8 Å². The predicted octanol–water partition coefficient (Wildman–Crippen LogP) is 0.507. The number of carbonyl (C=O) groups is 1. The Morgan fingerprint density at radius 3 is 3.07 bits per heavy atom. The monoisotopic (exact) mass is 206 g/mol. The highest BCUT2D eigenvalue weighted by Gasteiger charge is 2.21. The second-order valence-electron chi connectivity index (χ2n) is 3.73. The second-order valence-corrected chi connectivity index (χ2v) is 3.73. The molecule has 1 heterocycles. The number of carbonyl (C=O) groups excluding carboxylic acids is 1. The first-order valence-corrected chi connectivity index (χ1v) is 5.00. The van der Waals surface area contributed by atoms with Gasteiger partial charge in [-0.15, -0.1) is 0 Å². The number of hydrogen-bond donors (Lipinski definition) is 3. The van der Waals surface area contributed by atoms with Gasteiger partial charge in [-0.2, -0.15) is 0 Å². The third-order valence-corrected chi connectivity index (χ3v) is 2.42. The van der Waals surface area contributed by atoms with Crippen molar-refractivity contribution in [3.05, 3.63) is 23.9 Å². The van der Waals surface area contributed by atoms with Crippen LogP contribution in [0.15, 0.2) is 18.3 Å². The Morgan fingerprint density at radius 1 is 1.60 bits per heavy atom. The van der Waals surface area contributed by atoms with E-state index >= 15 is 0 Å². The van der Waals surface area contributed by atoms with E-state index in [2.05, 4.69) is 15.7 Å². The number of rotatable bonds is 4. The lowest BCUT2D eigenvalue weighted by Crippen LogP contribution is -2.25. The maximum Gasteiger partial charge on any atom is 0.251 e. The molecule has 1 aromatic rings. The minimum absolute atomic E-state index is 0.0687. The fourth-order valence-corrected chi connectivity index (χ4v) is 1.31. The molecule has 0 saturated heterocycles. The standard InChI is InChI=1S/C10H14N4O/c11-14-9-5-8(3-4-12-9)10(15)13-6-7-1-2-7/h3-5,7H,1-2,6,11H2,(H,12,14)(H,13,15). The van der Waals surface area contributed by atoms with Crippen LogP contribution >= 0.6 is 0 Å². The molecule has 80 valence electrons. The first kappa shape index (κ1) is 9.92. The van der Waals surface area contributed by atoms with Crippen molar-refractivity contribution in [1.82, 2.24) is 10.3 Å². The fraction of sp³-hybridized carbons (Fsp3) is 0.400. The number of hydrogen-bond acceptors (Lipinski definition) is 4. The lowest BCUT2D eigenvalue weighted by molar-refractivity contribution is 0.0952. The van der Waals surface area contributed by atoms with Crippen molar-refractivity contribution in [2.75, 3.05) is 12.0 Å². The van der Waals surface area contributed by atoms with E-state index in [-0.39, 0.29) is 5.91 Å². The van der Waals surface area contributed by atoms with Crippen LogP contribution in [-0.4, -0.2) is 17.4 Å². The van der Waals surface area contributed by atoms with Crippen LogP contribution in [0.1, 0.15) is 23.2 Å². The zero-order valence-electron chi connectivity index (χ0n) is 8.36. The summed E-state index contributed by atoms with van der Waals surface area (Å²) < 4.78 is 0. The molecule has 1 saturated carbocycles. The Balaban J connectivity index is 1.96. The number of aromatic nitrogens is 1. The number of anilines is 1. The quantitative estimate of drug-likeness (QED) is 0.495. The molecule has 1 aromatic heterocycles. The van der Waals surface area contributed by atoms with Gasteiger partial charge in [-0.1, -0.05) is 0 Å². The number of hydrazine groups is 1. The Kier molecular flexibility index (Phi) is 2.82. The Labute approximate surface area is 88.0 Å². The summed E-state index contributed by atoms with van der Waals surface area (Å²) >= 11 is 0. The maximum atomic E-state index is 11.6. The summed E-state index contributed by atoms with van der Waals surface area (Å²) in [5.74, 6) is 6.32. The number of amides is 1. The van der Waals surface area contributed by atoms with Gasteiger partial charge in [0.25, 0.3) is 5.91 Å². The zero-order valence-corrected chi connectivity index (χ0v) is 8.36. The Hall–Kier alpha value is -1.62. The van der Waals surface area contributed by atoms with E-state index < -0.39 is 0 Å². The van der Waals surface area contributed by atoms with Crippen molar-refractivity contribution in [3.63, 3.8) is 0 Å². The summed E-state index contributed by atoms with van der Waals surface area (Å²) in [6.45, 7) is 0.770. The molecule has 5 heteroatoms. The molecule has 0 unspecified atom stereocenters. The molecule has 0 atom stereocenters. The van der Waals surface area contributed by atoms with E-state index in [4.69, 9.17) is 5.84 Å².